The minimum atomic E-state index is 0.512. The van der Waals surface area contributed by atoms with Crippen molar-refractivity contribution in [1.29, 1.82) is 0 Å². The van der Waals surface area contributed by atoms with Crippen LogP contribution in [0.15, 0.2) is 88.5 Å². The van der Waals surface area contributed by atoms with Crippen molar-refractivity contribution in [2.24, 2.45) is 10.2 Å². The number of pyridine rings is 1. The van der Waals surface area contributed by atoms with Gasteiger partial charge in [0, 0.05) is 22.8 Å². The molecule has 0 aliphatic carbocycles. The van der Waals surface area contributed by atoms with Crippen molar-refractivity contribution in [3.63, 3.8) is 0 Å². The van der Waals surface area contributed by atoms with E-state index in [9.17, 15) is 0 Å². The minimum absolute atomic E-state index is 0.512. The predicted molar refractivity (Wildman–Crippen MR) is 121 cm³/mol. The Morgan fingerprint density at radius 3 is 2.48 bits per heavy atom. The molecule has 0 saturated heterocycles. The molecule has 0 radical (unpaired) electrons. The van der Waals surface area contributed by atoms with E-state index in [1.807, 2.05) is 73.0 Å². The second-order valence-electron chi connectivity index (χ2n) is 6.20. The van der Waals surface area contributed by atoms with Gasteiger partial charge in [-0.3, -0.25) is 9.55 Å². The van der Waals surface area contributed by atoms with Crippen LogP contribution in [0.5, 0.6) is 0 Å². The summed E-state index contributed by atoms with van der Waals surface area (Å²) in [6.07, 6.45) is 1.74. The second kappa shape index (κ2) is 8.74. The highest BCUT2D eigenvalue weighted by molar-refractivity contribution is 7.07. The molecule has 2 aromatic heterocycles. The number of para-hydroxylation sites is 1. The van der Waals surface area contributed by atoms with Crippen LogP contribution < -0.4 is 4.80 Å². The lowest BCUT2D eigenvalue weighted by atomic mass is 10.1. The molecule has 0 spiro atoms. The summed E-state index contributed by atoms with van der Waals surface area (Å²) >= 11 is 13.8. The van der Waals surface area contributed by atoms with Gasteiger partial charge in [0.1, 0.15) is 0 Å². The van der Waals surface area contributed by atoms with E-state index in [4.69, 9.17) is 23.2 Å². The largest absolute Gasteiger partial charge is 0.284 e. The van der Waals surface area contributed by atoms with Crippen LogP contribution >= 0.6 is 34.5 Å². The van der Waals surface area contributed by atoms with E-state index < -0.39 is 0 Å². The third-order valence-corrected chi connectivity index (χ3v) is 5.81. The standard InChI is InChI=1S/C22H16Cl2N4S/c1-15(20-9-5-6-12-25-20)26-27-22-28(17-7-3-2-4-8-17)21(14-29-22)16-10-11-18(23)19(24)13-16/h2-14H,1H3/b26-15+,27-22-. The third kappa shape index (κ3) is 4.32. The molecular formula is C22H16Cl2N4S. The summed E-state index contributed by atoms with van der Waals surface area (Å²) in [6.45, 7) is 1.90. The maximum atomic E-state index is 6.25. The summed E-state index contributed by atoms with van der Waals surface area (Å²) in [7, 11) is 0. The number of benzene rings is 2. The molecular weight excluding hydrogens is 423 g/mol. The fourth-order valence-electron chi connectivity index (χ4n) is 2.81. The number of thiazole rings is 1. The van der Waals surface area contributed by atoms with Crippen molar-refractivity contribution >= 4 is 40.3 Å². The van der Waals surface area contributed by atoms with E-state index in [0.29, 0.717) is 10.0 Å². The Labute approximate surface area is 182 Å². The quantitative estimate of drug-likeness (QED) is 0.275. The van der Waals surface area contributed by atoms with Gasteiger partial charge in [-0.15, -0.1) is 16.4 Å². The van der Waals surface area contributed by atoms with Gasteiger partial charge in [-0.1, -0.05) is 53.5 Å². The van der Waals surface area contributed by atoms with Crippen LogP contribution in [-0.4, -0.2) is 15.3 Å². The molecule has 0 aliphatic rings. The number of hydrogen-bond donors (Lipinski definition) is 0. The molecule has 0 fully saturated rings. The lowest BCUT2D eigenvalue weighted by Gasteiger charge is -2.09. The first-order valence-corrected chi connectivity index (χ1v) is 10.5. The van der Waals surface area contributed by atoms with Crippen LogP contribution in [0.3, 0.4) is 0 Å². The van der Waals surface area contributed by atoms with Crippen molar-refractivity contribution in [1.82, 2.24) is 9.55 Å². The van der Waals surface area contributed by atoms with Crippen LogP contribution in [0.2, 0.25) is 10.0 Å². The SMILES string of the molecule is C/C(=N\N=c1/scc(-c2ccc(Cl)c(Cl)c2)n1-c1ccccc1)c1ccccn1. The molecule has 144 valence electrons. The highest BCUT2D eigenvalue weighted by atomic mass is 35.5. The maximum Gasteiger partial charge on any atom is 0.215 e. The van der Waals surface area contributed by atoms with Gasteiger partial charge in [0.25, 0.3) is 0 Å². The molecule has 0 unspecified atom stereocenters. The summed E-state index contributed by atoms with van der Waals surface area (Å²) in [4.78, 5) is 5.06. The molecule has 0 atom stereocenters. The summed E-state index contributed by atoms with van der Waals surface area (Å²) in [6, 6.07) is 21.3. The third-order valence-electron chi connectivity index (χ3n) is 4.26. The monoisotopic (exact) mass is 438 g/mol. The zero-order valence-corrected chi connectivity index (χ0v) is 17.8. The molecule has 4 rings (SSSR count). The zero-order valence-electron chi connectivity index (χ0n) is 15.5. The van der Waals surface area contributed by atoms with Crippen LogP contribution in [0.1, 0.15) is 12.6 Å². The Hall–Kier alpha value is -2.73. The van der Waals surface area contributed by atoms with Crippen molar-refractivity contribution in [2.45, 2.75) is 6.92 Å². The fourth-order valence-corrected chi connectivity index (χ4v) is 3.96. The molecule has 0 aliphatic heterocycles. The minimum Gasteiger partial charge on any atom is -0.284 e. The van der Waals surface area contributed by atoms with E-state index >= 15 is 0 Å². The van der Waals surface area contributed by atoms with Gasteiger partial charge in [0.2, 0.25) is 4.80 Å². The average molecular weight is 439 g/mol. The molecule has 4 nitrogen and oxygen atoms in total. The molecule has 29 heavy (non-hydrogen) atoms. The first-order valence-electron chi connectivity index (χ1n) is 8.84. The Bertz CT molecular complexity index is 1230. The molecule has 0 amide bonds. The molecule has 7 heteroatoms. The highest BCUT2D eigenvalue weighted by Crippen LogP contribution is 2.30. The topological polar surface area (TPSA) is 42.5 Å². The fraction of sp³-hybridized carbons (Fsp3) is 0.0455. The van der Waals surface area contributed by atoms with Gasteiger partial charge in [-0.05, 0) is 43.3 Å². The van der Waals surface area contributed by atoms with Gasteiger partial charge in [-0.2, -0.15) is 5.10 Å². The van der Waals surface area contributed by atoms with Gasteiger partial charge in [0.15, 0.2) is 0 Å². The summed E-state index contributed by atoms with van der Waals surface area (Å²) in [5, 5.41) is 12.0. The van der Waals surface area contributed by atoms with Crippen molar-refractivity contribution < 1.29 is 0 Å². The smallest absolute Gasteiger partial charge is 0.215 e. The molecule has 2 aromatic carbocycles. The normalized spacial score (nSPS) is 12.4. The Kier molecular flexibility index (Phi) is 5.90. The summed E-state index contributed by atoms with van der Waals surface area (Å²) < 4.78 is 2.05. The van der Waals surface area contributed by atoms with Gasteiger partial charge < -0.3 is 0 Å². The van der Waals surface area contributed by atoms with Crippen LogP contribution in [-0.2, 0) is 0 Å². The van der Waals surface area contributed by atoms with Crippen LogP contribution in [0, 0.1) is 0 Å². The van der Waals surface area contributed by atoms with Crippen molar-refractivity contribution in [3.05, 3.63) is 98.8 Å². The summed E-state index contributed by atoms with van der Waals surface area (Å²) in [5.41, 5.74) is 4.44. The van der Waals surface area contributed by atoms with E-state index in [1.54, 1.807) is 12.3 Å². The van der Waals surface area contributed by atoms with Crippen molar-refractivity contribution in [3.8, 4) is 16.9 Å². The second-order valence-corrected chi connectivity index (χ2v) is 7.85. The lowest BCUT2D eigenvalue weighted by molar-refractivity contribution is 0.969. The molecule has 2 heterocycles. The van der Waals surface area contributed by atoms with E-state index in [-0.39, 0.29) is 0 Å². The molecule has 0 N–H and O–H groups in total. The number of aromatic nitrogens is 2. The van der Waals surface area contributed by atoms with Gasteiger partial charge in [-0.25, -0.2) is 0 Å². The Balaban J connectivity index is 1.87. The van der Waals surface area contributed by atoms with Crippen LogP contribution in [0.4, 0.5) is 0 Å². The zero-order chi connectivity index (χ0) is 20.2. The van der Waals surface area contributed by atoms with Gasteiger partial charge in [0.05, 0.1) is 27.1 Å². The van der Waals surface area contributed by atoms with Gasteiger partial charge >= 0.3 is 0 Å². The van der Waals surface area contributed by atoms with Crippen molar-refractivity contribution in [2.75, 3.05) is 0 Å². The van der Waals surface area contributed by atoms with E-state index in [1.165, 1.54) is 11.3 Å². The number of halogens is 2. The van der Waals surface area contributed by atoms with E-state index in [2.05, 4.69) is 19.8 Å². The molecule has 4 aromatic rings. The first-order chi connectivity index (χ1) is 14.1. The summed E-state index contributed by atoms with van der Waals surface area (Å²) in [5.74, 6) is 0. The first kappa shape index (κ1) is 19.6. The molecule has 0 saturated carbocycles. The Morgan fingerprint density at radius 1 is 0.966 bits per heavy atom. The number of nitrogens with zero attached hydrogens (tertiary/aromatic N) is 4. The highest BCUT2D eigenvalue weighted by Gasteiger charge is 2.11. The number of hydrogen-bond acceptors (Lipinski definition) is 4. The predicted octanol–water partition coefficient (Wildman–Crippen LogP) is 6.23. The molecule has 0 bridgehead atoms. The Morgan fingerprint density at radius 2 is 1.76 bits per heavy atom. The number of rotatable bonds is 4. The average Bonchev–Trinajstić information content (AvgIpc) is 3.19. The lowest BCUT2D eigenvalue weighted by Crippen LogP contribution is -2.13. The maximum absolute atomic E-state index is 6.25. The van der Waals surface area contributed by atoms with Crippen LogP contribution in [0.25, 0.3) is 16.9 Å². The van der Waals surface area contributed by atoms with E-state index in [0.717, 1.165) is 33.2 Å².